The maximum atomic E-state index is 12.5. The van der Waals surface area contributed by atoms with E-state index in [0.29, 0.717) is 17.9 Å². The Hall–Kier alpha value is -2.89. The number of carbonyl (C=O) groups excluding carboxylic acids is 2. The molecule has 2 rings (SSSR count). The predicted octanol–water partition coefficient (Wildman–Crippen LogP) is 3.04. The number of benzene rings is 1. The standard InChI is InChI=1S/C21H27N3O3/c1-15(2)24(16(3)4)20(25)14-27-19-11-6-5-10-18(19)21(26)23-13-17-9-7-8-12-22-17/h5-12,15-16H,13-14H2,1-4H3,(H,23,26). The molecule has 2 amide bonds. The summed E-state index contributed by atoms with van der Waals surface area (Å²) >= 11 is 0. The largest absolute Gasteiger partial charge is 0.483 e. The van der Waals surface area contributed by atoms with Crippen LogP contribution >= 0.6 is 0 Å². The molecule has 0 spiro atoms. The summed E-state index contributed by atoms with van der Waals surface area (Å²) in [5.74, 6) is 0.00815. The molecule has 1 N–H and O–H groups in total. The van der Waals surface area contributed by atoms with Crippen LogP contribution in [0.4, 0.5) is 0 Å². The van der Waals surface area contributed by atoms with E-state index >= 15 is 0 Å². The fraction of sp³-hybridized carbons (Fsp3) is 0.381. The highest BCUT2D eigenvalue weighted by atomic mass is 16.5. The van der Waals surface area contributed by atoms with Gasteiger partial charge in [-0.3, -0.25) is 14.6 Å². The van der Waals surface area contributed by atoms with Gasteiger partial charge in [-0.2, -0.15) is 0 Å². The summed E-state index contributed by atoms with van der Waals surface area (Å²) < 4.78 is 5.69. The van der Waals surface area contributed by atoms with Gasteiger partial charge in [0.1, 0.15) is 5.75 Å². The summed E-state index contributed by atoms with van der Waals surface area (Å²) in [7, 11) is 0. The van der Waals surface area contributed by atoms with Crippen molar-refractivity contribution < 1.29 is 14.3 Å². The zero-order valence-electron chi connectivity index (χ0n) is 16.3. The molecule has 6 nitrogen and oxygen atoms in total. The van der Waals surface area contributed by atoms with E-state index in [1.165, 1.54) is 0 Å². The predicted molar refractivity (Wildman–Crippen MR) is 104 cm³/mol. The quantitative estimate of drug-likeness (QED) is 0.776. The second-order valence-electron chi connectivity index (χ2n) is 6.78. The SMILES string of the molecule is CC(C)N(C(=O)COc1ccccc1C(=O)NCc1ccccn1)C(C)C. The van der Waals surface area contributed by atoms with E-state index in [1.54, 1.807) is 35.4 Å². The van der Waals surface area contributed by atoms with Gasteiger partial charge in [-0.05, 0) is 52.0 Å². The molecular formula is C21H27N3O3. The van der Waals surface area contributed by atoms with Crippen LogP contribution in [0.5, 0.6) is 5.75 Å². The van der Waals surface area contributed by atoms with Crippen molar-refractivity contribution in [3.8, 4) is 5.75 Å². The molecule has 27 heavy (non-hydrogen) atoms. The topological polar surface area (TPSA) is 71.5 Å². The van der Waals surface area contributed by atoms with Crippen LogP contribution in [0, 0.1) is 0 Å². The van der Waals surface area contributed by atoms with Crippen LogP contribution in [0.3, 0.4) is 0 Å². The molecule has 0 bridgehead atoms. The van der Waals surface area contributed by atoms with Crippen molar-refractivity contribution in [2.75, 3.05) is 6.61 Å². The van der Waals surface area contributed by atoms with Gasteiger partial charge in [-0.25, -0.2) is 0 Å². The van der Waals surface area contributed by atoms with E-state index in [0.717, 1.165) is 5.69 Å². The van der Waals surface area contributed by atoms with Crippen molar-refractivity contribution in [2.24, 2.45) is 0 Å². The van der Waals surface area contributed by atoms with Crippen LogP contribution in [0.1, 0.15) is 43.7 Å². The molecule has 0 aliphatic carbocycles. The Bertz CT molecular complexity index is 752. The smallest absolute Gasteiger partial charge is 0.260 e. The Morgan fingerprint density at radius 1 is 1.04 bits per heavy atom. The van der Waals surface area contributed by atoms with E-state index in [-0.39, 0.29) is 30.5 Å². The number of hydrogen-bond donors (Lipinski definition) is 1. The third-order valence-corrected chi connectivity index (χ3v) is 4.04. The normalized spacial score (nSPS) is 10.7. The molecule has 144 valence electrons. The van der Waals surface area contributed by atoms with E-state index in [1.807, 2.05) is 45.9 Å². The van der Waals surface area contributed by atoms with Crippen LogP contribution in [-0.2, 0) is 11.3 Å². The lowest BCUT2D eigenvalue weighted by atomic mass is 10.2. The molecule has 1 heterocycles. The van der Waals surface area contributed by atoms with Crippen molar-refractivity contribution in [3.63, 3.8) is 0 Å². The number of hydrogen-bond acceptors (Lipinski definition) is 4. The molecule has 6 heteroatoms. The van der Waals surface area contributed by atoms with Crippen LogP contribution in [-0.4, -0.2) is 40.4 Å². The van der Waals surface area contributed by atoms with Gasteiger partial charge in [0.15, 0.2) is 6.61 Å². The summed E-state index contributed by atoms with van der Waals surface area (Å²) in [6.45, 7) is 8.09. The van der Waals surface area contributed by atoms with Gasteiger partial charge >= 0.3 is 0 Å². The maximum Gasteiger partial charge on any atom is 0.260 e. The molecule has 0 atom stereocenters. The van der Waals surface area contributed by atoms with Crippen LogP contribution in [0.15, 0.2) is 48.7 Å². The average Bonchev–Trinajstić information content (AvgIpc) is 2.65. The molecule has 0 aliphatic heterocycles. The molecule has 1 aromatic carbocycles. The maximum absolute atomic E-state index is 12.5. The first-order valence-corrected chi connectivity index (χ1v) is 9.11. The Labute approximate surface area is 160 Å². The Kier molecular flexibility index (Phi) is 7.34. The van der Waals surface area contributed by atoms with Gasteiger partial charge in [-0.15, -0.1) is 0 Å². The summed E-state index contributed by atoms with van der Waals surface area (Å²) in [4.78, 5) is 31.0. The van der Waals surface area contributed by atoms with Gasteiger partial charge in [0.05, 0.1) is 17.8 Å². The van der Waals surface area contributed by atoms with E-state index in [2.05, 4.69) is 10.3 Å². The number of nitrogens with zero attached hydrogens (tertiary/aromatic N) is 2. The highest BCUT2D eigenvalue weighted by Gasteiger charge is 2.21. The second kappa shape index (κ2) is 9.71. The monoisotopic (exact) mass is 369 g/mol. The molecule has 0 radical (unpaired) electrons. The number of para-hydroxylation sites is 1. The highest BCUT2D eigenvalue weighted by Crippen LogP contribution is 2.18. The minimum atomic E-state index is -0.270. The van der Waals surface area contributed by atoms with Gasteiger partial charge < -0.3 is 15.0 Å². The molecule has 2 aromatic rings. The Morgan fingerprint density at radius 3 is 2.33 bits per heavy atom. The number of rotatable bonds is 8. The van der Waals surface area contributed by atoms with Gasteiger partial charge in [0, 0.05) is 18.3 Å². The lowest BCUT2D eigenvalue weighted by Crippen LogP contribution is -2.44. The van der Waals surface area contributed by atoms with Crippen LogP contribution in [0.25, 0.3) is 0 Å². The summed E-state index contributed by atoms with van der Waals surface area (Å²) in [5, 5.41) is 2.83. The summed E-state index contributed by atoms with van der Waals surface area (Å²) in [6.07, 6.45) is 1.68. The molecule has 1 aromatic heterocycles. The minimum Gasteiger partial charge on any atom is -0.483 e. The van der Waals surface area contributed by atoms with Gasteiger partial charge in [0.2, 0.25) is 0 Å². The third-order valence-electron chi connectivity index (χ3n) is 4.04. The van der Waals surface area contributed by atoms with Gasteiger partial charge in [-0.1, -0.05) is 18.2 Å². The fourth-order valence-corrected chi connectivity index (χ4v) is 2.94. The fourth-order valence-electron chi connectivity index (χ4n) is 2.94. The van der Waals surface area contributed by atoms with E-state index in [4.69, 9.17) is 4.74 Å². The van der Waals surface area contributed by atoms with Crippen LogP contribution in [0.2, 0.25) is 0 Å². The number of nitrogens with one attached hydrogen (secondary N) is 1. The zero-order chi connectivity index (χ0) is 19.8. The first-order valence-electron chi connectivity index (χ1n) is 9.11. The Morgan fingerprint density at radius 2 is 1.70 bits per heavy atom. The zero-order valence-corrected chi connectivity index (χ0v) is 16.3. The molecule has 0 saturated carbocycles. The third kappa shape index (κ3) is 5.81. The van der Waals surface area contributed by atoms with Crippen molar-refractivity contribution in [1.29, 1.82) is 0 Å². The Balaban J connectivity index is 2.02. The van der Waals surface area contributed by atoms with Crippen LogP contribution < -0.4 is 10.1 Å². The molecule has 0 fully saturated rings. The van der Waals surface area contributed by atoms with Gasteiger partial charge in [0.25, 0.3) is 11.8 Å². The van der Waals surface area contributed by atoms with Crippen molar-refractivity contribution in [3.05, 3.63) is 59.9 Å². The minimum absolute atomic E-state index is 0.0815. The van der Waals surface area contributed by atoms with E-state index < -0.39 is 0 Å². The lowest BCUT2D eigenvalue weighted by Gasteiger charge is -2.30. The van der Waals surface area contributed by atoms with Crippen molar-refractivity contribution in [1.82, 2.24) is 15.2 Å². The van der Waals surface area contributed by atoms with Crippen molar-refractivity contribution in [2.45, 2.75) is 46.3 Å². The highest BCUT2D eigenvalue weighted by molar-refractivity contribution is 5.97. The molecule has 0 unspecified atom stereocenters. The van der Waals surface area contributed by atoms with Crippen molar-refractivity contribution >= 4 is 11.8 Å². The first-order chi connectivity index (χ1) is 12.9. The number of ether oxygens (including phenoxy) is 1. The number of carbonyl (C=O) groups is 2. The molecular weight excluding hydrogens is 342 g/mol. The lowest BCUT2D eigenvalue weighted by molar-refractivity contribution is -0.137. The first kappa shape index (κ1) is 20.4. The summed E-state index contributed by atoms with van der Waals surface area (Å²) in [5.41, 5.74) is 1.16. The second-order valence-corrected chi connectivity index (χ2v) is 6.78. The molecule has 0 aliphatic rings. The van der Waals surface area contributed by atoms with E-state index in [9.17, 15) is 9.59 Å². The summed E-state index contributed by atoms with van der Waals surface area (Å²) in [6, 6.07) is 12.6. The number of pyridine rings is 1. The molecule has 0 saturated heterocycles. The number of amides is 2. The number of aromatic nitrogens is 1. The average molecular weight is 369 g/mol.